The molecule has 104 valence electrons. The van der Waals surface area contributed by atoms with Crippen LogP contribution in [0.1, 0.15) is 16.1 Å². The summed E-state index contributed by atoms with van der Waals surface area (Å²) in [5.74, 6) is -1.07. The van der Waals surface area contributed by atoms with Crippen molar-refractivity contribution >= 4 is 29.1 Å². The smallest absolute Gasteiger partial charge is 0.272 e. The number of aromatic nitrogens is 1. The van der Waals surface area contributed by atoms with Crippen LogP contribution < -0.4 is 0 Å². The van der Waals surface area contributed by atoms with Gasteiger partial charge in [0, 0.05) is 23.6 Å². The van der Waals surface area contributed by atoms with Crippen LogP contribution in [0.5, 0.6) is 0 Å². The van der Waals surface area contributed by atoms with Crippen LogP contribution in [0.15, 0.2) is 36.4 Å². The number of amides is 1. The van der Waals surface area contributed by atoms with E-state index < -0.39 is 5.95 Å². The van der Waals surface area contributed by atoms with Gasteiger partial charge < -0.3 is 4.90 Å². The first-order chi connectivity index (χ1) is 9.47. The lowest BCUT2D eigenvalue weighted by atomic mass is 10.2. The summed E-state index contributed by atoms with van der Waals surface area (Å²) in [7, 11) is 1.60. The minimum atomic E-state index is -0.686. The lowest BCUT2D eigenvalue weighted by Gasteiger charge is -2.17. The molecule has 2 rings (SSSR count). The molecule has 0 atom stereocenters. The molecule has 0 saturated heterocycles. The number of hydrogen-bond acceptors (Lipinski definition) is 2. The fourth-order valence-corrected chi connectivity index (χ4v) is 2.17. The maximum atomic E-state index is 13.0. The Morgan fingerprint density at radius 1 is 1.30 bits per heavy atom. The standard InChI is InChI=1S/C14H11Cl2FN2O/c1-19(8-9-5-6-10(15)7-11(9)16)14(20)12-3-2-4-13(17)18-12/h2-7H,8H2,1H3. The normalized spacial score (nSPS) is 10.4. The van der Waals surface area contributed by atoms with Crippen molar-refractivity contribution in [2.75, 3.05) is 7.05 Å². The number of carbonyl (C=O) groups is 1. The Bertz CT molecular complexity index is 649. The highest BCUT2D eigenvalue weighted by molar-refractivity contribution is 6.35. The number of carbonyl (C=O) groups excluding carboxylic acids is 1. The molecule has 0 N–H and O–H groups in total. The third-order valence-electron chi connectivity index (χ3n) is 2.70. The van der Waals surface area contributed by atoms with E-state index in [-0.39, 0.29) is 18.1 Å². The first-order valence-electron chi connectivity index (χ1n) is 5.79. The molecule has 2 aromatic rings. The van der Waals surface area contributed by atoms with Crippen LogP contribution in [-0.4, -0.2) is 22.8 Å². The van der Waals surface area contributed by atoms with Gasteiger partial charge in [-0.25, -0.2) is 4.98 Å². The van der Waals surface area contributed by atoms with E-state index in [0.717, 1.165) is 5.56 Å². The Kier molecular flexibility index (Phi) is 4.57. The van der Waals surface area contributed by atoms with Crippen LogP contribution in [0.4, 0.5) is 4.39 Å². The molecule has 6 heteroatoms. The predicted octanol–water partition coefficient (Wildman–Crippen LogP) is 3.80. The summed E-state index contributed by atoms with van der Waals surface area (Å²) in [6.07, 6.45) is 0. The predicted molar refractivity (Wildman–Crippen MR) is 76.5 cm³/mol. The Labute approximate surface area is 125 Å². The Hall–Kier alpha value is -1.65. The minimum absolute atomic E-state index is 0.0533. The van der Waals surface area contributed by atoms with E-state index in [0.29, 0.717) is 10.0 Å². The van der Waals surface area contributed by atoms with Crippen molar-refractivity contribution in [3.8, 4) is 0 Å². The van der Waals surface area contributed by atoms with Crippen LogP contribution >= 0.6 is 23.2 Å². The number of halogens is 3. The lowest BCUT2D eigenvalue weighted by molar-refractivity contribution is 0.0778. The number of nitrogens with zero attached hydrogens (tertiary/aromatic N) is 2. The molecule has 20 heavy (non-hydrogen) atoms. The van der Waals surface area contributed by atoms with Gasteiger partial charge in [0.2, 0.25) is 5.95 Å². The number of pyridine rings is 1. The van der Waals surface area contributed by atoms with Crippen molar-refractivity contribution in [2.45, 2.75) is 6.54 Å². The highest BCUT2D eigenvalue weighted by Gasteiger charge is 2.15. The van der Waals surface area contributed by atoms with Crippen molar-refractivity contribution in [3.63, 3.8) is 0 Å². The molecule has 0 spiro atoms. The van der Waals surface area contributed by atoms with Gasteiger partial charge in [-0.15, -0.1) is 0 Å². The van der Waals surface area contributed by atoms with Crippen LogP contribution in [0.25, 0.3) is 0 Å². The third kappa shape index (κ3) is 3.46. The monoisotopic (exact) mass is 312 g/mol. The zero-order valence-electron chi connectivity index (χ0n) is 10.6. The van der Waals surface area contributed by atoms with Gasteiger partial charge in [-0.3, -0.25) is 4.79 Å². The first-order valence-corrected chi connectivity index (χ1v) is 6.55. The quantitative estimate of drug-likeness (QED) is 0.808. The van der Waals surface area contributed by atoms with Gasteiger partial charge in [-0.1, -0.05) is 35.3 Å². The van der Waals surface area contributed by atoms with E-state index in [9.17, 15) is 9.18 Å². The summed E-state index contributed by atoms with van der Waals surface area (Å²) in [4.78, 5) is 17.1. The molecule has 0 saturated carbocycles. The van der Waals surface area contributed by atoms with Gasteiger partial charge >= 0.3 is 0 Å². The second kappa shape index (κ2) is 6.20. The molecule has 0 aliphatic rings. The summed E-state index contributed by atoms with van der Waals surface area (Å²) in [5, 5.41) is 1.00. The molecule has 1 aromatic carbocycles. The molecule has 0 fully saturated rings. The van der Waals surface area contributed by atoms with Gasteiger partial charge in [-0.05, 0) is 29.8 Å². The summed E-state index contributed by atoms with van der Waals surface area (Å²) in [6.45, 7) is 0.285. The summed E-state index contributed by atoms with van der Waals surface area (Å²) >= 11 is 11.9. The summed E-state index contributed by atoms with van der Waals surface area (Å²) in [6, 6.07) is 9.14. The Morgan fingerprint density at radius 3 is 2.70 bits per heavy atom. The third-order valence-corrected chi connectivity index (χ3v) is 3.29. The van der Waals surface area contributed by atoms with E-state index in [1.807, 2.05) is 0 Å². The van der Waals surface area contributed by atoms with Gasteiger partial charge in [0.25, 0.3) is 5.91 Å². The molecule has 0 aliphatic carbocycles. The van der Waals surface area contributed by atoms with Gasteiger partial charge in [0.15, 0.2) is 0 Å². The highest BCUT2D eigenvalue weighted by Crippen LogP contribution is 2.22. The topological polar surface area (TPSA) is 33.2 Å². The van der Waals surface area contributed by atoms with Crippen LogP contribution in [0.3, 0.4) is 0 Å². The van der Waals surface area contributed by atoms with Crippen molar-refractivity contribution in [1.29, 1.82) is 0 Å². The van der Waals surface area contributed by atoms with Crippen LogP contribution in [-0.2, 0) is 6.54 Å². The average Bonchev–Trinajstić information content (AvgIpc) is 2.41. The molecule has 1 amide bonds. The van der Waals surface area contributed by atoms with Crippen molar-refractivity contribution in [3.05, 3.63) is 63.6 Å². The molecule has 1 heterocycles. The van der Waals surface area contributed by atoms with Gasteiger partial charge in [0.05, 0.1) is 0 Å². The van der Waals surface area contributed by atoms with E-state index >= 15 is 0 Å². The SMILES string of the molecule is CN(Cc1ccc(Cl)cc1Cl)C(=O)c1cccc(F)n1. The molecule has 0 aliphatic heterocycles. The largest absolute Gasteiger partial charge is 0.336 e. The maximum absolute atomic E-state index is 13.0. The number of hydrogen-bond donors (Lipinski definition) is 0. The van der Waals surface area contributed by atoms with Crippen molar-refractivity contribution in [2.24, 2.45) is 0 Å². The summed E-state index contributed by atoms with van der Waals surface area (Å²) < 4.78 is 13.0. The molecule has 0 bridgehead atoms. The fraction of sp³-hybridized carbons (Fsp3) is 0.143. The van der Waals surface area contributed by atoms with Crippen molar-refractivity contribution in [1.82, 2.24) is 9.88 Å². The minimum Gasteiger partial charge on any atom is -0.336 e. The maximum Gasteiger partial charge on any atom is 0.272 e. The Morgan fingerprint density at radius 2 is 2.05 bits per heavy atom. The molecule has 1 aromatic heterocycles. The average molecular weight is 313 g/mol. The number of rotatable bonds is 3. The first kappa shape index (κ1) is 14.8. The Balaban J connectivity index is 2.15. The van der Waals surface area contributed by atoms with E-state index in [4.69, 9.17) is 23.2 Å². The van der Waals surface area contributed by atoms with Gasteiger partial charge in [0.1, 0.15) is 5.69 Å². The second-order valence-electron chi connectivity index (χ2n) is 4.24. The molecular weight excluding hydrogens is 302 g/mol. The molecular formula is C14H11Cl2FN2O. The van der Waals surface area contributed by atoms with Crippen LogP contribution in [0, 0.1) is 5.95 Å². The van der Waals surface area contributed by atoms with E-state index in [1.165, 1.54) is 23.1 Å². The van der Waals surface area contributed by atoms with Crippen molar-refractivity contribution < 1.29 is 9.18 Å². The molecule has 0 unspecified atom stereocenters. The van der Waals surface area contributed by atoms with Gasteiger partial charge in [-0.2, -0.15) is 4.39 Å². The zero-order valence-corrected chi connectivity index (χ0v) is 12.1. The van der Waals surface area contributed by atoms with E-state index in [2.05, 4.69) is 4.98 Å². The van der Waals surface area contributed by atoms with E-state index in [1.54, 1.807) is 25.2 Å². The highest BCUT2D eigenvalue weighted by atomic mass is 35.5. The van der Waals surface area contributed by atoms with Crippen LogP contribution in [0.2, 0.25) is 10.0 Å². The molecule has 3 nitrogen and oxygen atoms in total. The zero-order chi connectivity index (χ0) is 14.7. The summed E-state index contributed by atoms with van der Waals surface area (Å²) in [5.41, 5.74) is 0.806. The fourth-order valence-electron chi connectivity index (χ4n) is 1.70. The number of benzene rings is 1. The second-order valence-corrected chi connectivity index (χ2v) is 5.09. The molecule has 0 radical (unpaired) electrons. The lowest BCUT2D eigenvalue weighted by Crippen LogP contribution is -2.27.